The Labute approximate surface area is 139 Å². The Kier molecular flexibility index (Phi) is 5.70. The van der Waals surface area contributed by atoms with Crippen LogP contribution in [0.5, 0.6) is 0 Å². The summed E-state index contributed by atoms with van der Waals surface area (Å²) in [4.78, 5) is 27.1. The number of rotatable bonds is 6. The Balaban J connectivity index is 2.73. The minimum atomic E-state index is -1.07. The van der Waals surface area contributed by atoms with Crippen LogP contribution in [0.4, 0.5) is 8.78 Å². The first-order valence-electron chi connectivity index (χ1n) is 8.26. The fourth-order valence-electron chi connectivity index (χ4n) is 2.74. The molecule has 1 amide bonds. The van der Waals surface area contributed by atoms with Crippen LogP contribution in [0.2, 0.25) is 0 Å². The van der Waals surface area contributed by atoms with Gasteiger partial charge >= 0.3 is 0 Å². The van der Waals surface area contributed by atoms with E-state index in [9.17, 15) is 18.4 Å². The predicted molar refractivity (Wildman–Crippen MR) is 90.3 cm³/mol. The summed E-state index contributed by atoms with van der Waals surface area (Å²) in [5, 5.41) is 0.322. The maximum atomic E-state index is 13.5. The predicted octanol–water partition coefficient (Wildman–Crippen LogP) is 3.56. The van der Waals surface area contributed by atoms with E-state index in [4.69, 9.17) is 0 Å². The van der Waals surface area contributed by atoms with Crippen LogP contribution in [0.15, 0.2) is 23.0 Å². The number of carbonyl (C=O) groups is 1. The quantitative estimate of drug-likeness (QED) is 0.809. The minimum Gasteiger partial charge on any atom is -0.338 e. The number of unbranched alkanes of at least 4 members (excludes halogenated alkanes) is 1. The van der Waals surface area contributed by atoms with Crippen LogP contribution < -0.4 is 5.56 Å². The monoisotopic (exact) mass is 336 g/mol. The van der Waals surface area contributed by atoms with E-state index in [1.54, 1.807) is 4.90 Å². The van der Waals surface area contributed by atoms with Gasteiger partial charge in [-0.15, -0.1) is 0 Å². The summed E-state index contributed by atoms with van der Waals surface area (Å²) in [6, 6.07) is 3.35. The Hall–Kier alpha value is -2.24. The molecule has 0 N–H and O–H groups in total. The van der Waals surface area contributed by atoms with Crippen molar-refractivity contribution in [2.45, 2.75) is 40.2 Å². The van der Waals surface area contributed by atoms with E-state index in [1.165, 1.54) is 10.6 Å². The van der Waals surface area contributed by atoms with Crippen molar-refractivity contribution in [1.82, 2.24) is 9.47 Å². The molecule has 0 bridgehead atoms. The highest BCUT2D eigenvalue weighted by Gasteiger charge is 2.20. The van der Waals surface area contributed by atoms with Crippen molar-refractivity contribution in [1.29, 1.82) is 0 Å². The molecule has 0 atom stereocenters. The van der Waals surface area contributed by atoms with Crippen LogP contribution in [-0.4, -0.2) is 28.5 Å². The molecular formula is C18H22F2N2O2. The smallest absolute Gasteiger partial charge is 0.270 e. The summed E-state index contributed by atoms with van der Waals surface area (Å²) in [5.74, 6) is -2.38. The van der Waals surface area contributed by atoms with Crippen molar-refractivity contribution in [3.63, 3.8) is 0 Å². The van der Waals surface area contributed by atoms with E-state index in [-0.39, 0.29) is 22.4 Å². The van der Waals surface area contributed by atoms with Crippen LogP contribution in [0.3, 0.4) is 0 Å². The van der Waals surface area contributed by atoms with Gasteiger partial charge in [0.15, 0.2) is 11.6 Å². The first-order chi connectivity index (χ1) is 11.4. The summed E-state index contributed by atoms with van der Waals surface area (Å²) in [6.07, 6.45) is 1.56. The zero-order valence-electron chi connectivity index (χ0n) is 14.2. The molecule has 6 heteroatoms. The molecule has 24 heavy (non-hydrogen) atoms. The number of halogens is 2. The second-order valence-electron chi connectivity index (χ2n) is 5.67. The van der Waals surface area contributed by atoms with Gasteiger partial charge in [-0.1, -0.05) is 13.3 Å². The fraction of sp³-hybridized carbons (Fsp3) is 0.444. The number of amides is 1. The molecule has 0 aliphatic carbocycles. The van der Waals surface area contributed by atoms with Crippen LogP contribution in [0.1, 0.15) is 44.1 Å². The number of benzene rings is 1. The number of pyridine rings is 1. The van der Waals surface area contributed by atoms with Gasteiger partial charge in [0.1, 0.15) is 5.69 Å². The number of carbonyl (C=O) groups excluding carboxylic acids is 1. The van der Waals surface area contributed by atoms with Gasteiger partial charge in [-0.2, -0.15) is 0 Å². The lowest BCUT2D eigenvalue weighted by atomic mass is 10.1. The van der Waals surface area contributed by atoms with Crippen LogP contribution in [0, 0.1) is 11.6 Å². The number of nitrogens with zero attached hydrogens (tertiary/aromatic N) is 2. The minimum absolute atomic E-state index is 0.0844. The van der Waals surface area contributed by atoms with Crippen molar-refractivity contribution in [2.75, 3.05) is 13.1 Å². The van der Waals surface area contributed by atoms with Crippen molar-refractivity contribution in [3.8, 4) is 0 Å². The van der Waals surface area contributed by atoms with Crippen LogP contribution in [0.25, 0.3) is 10.8 Å². The molecule has 2 rings (SSSR count). The molecule has 2 aromatic rings. The molecule has 1 aromatic heterocycles. The van der Waals surface area contributed by atoms with Crippen molar-refractivity contribution < 1.29 is 13.6 Å². The van der Waals surface area contributed by atoms with E-state index in [1.807, 2.05) is 20.8 Å². The highest BCUT2D eigenvalue weighted by molar-refractivity contribution is 5.96. The second kappa shape index (κ2) is 7.55. The highest BCUT2D eigenvalue weighted by atomic mass is 19.2. The number of fused-ring (bicyclic) bond motifs is 1. The Morgan fingerprint density at radius 3 is 2.29 bits per heavy atom. The average Bonchev–Trinajstić information content (AvgIpc) is 2.56. The molecule has 0 spiro atoms. The maximum Gasteiger partial charge on any atom is 0.270 e. The second-order valence-corrected chi connectivity index (χ2v) is 5.67. The maximum absolute atomic E-state index is 13.5. The van der Waals surface area contributed by atoms with E-state index in [2.05, 4.69) is 0 Å². The number of hydrogen-bond acceptors (Lipinski definition) is 2. The summed E-state index contributed by atoms with van der Waals surface area (Å²) >= 11 is 0. The third-order valence-corrected chi connectivity index (χ3v) is 4.16. The lowest BCUT2D eigenvalue weighted by molar-refractivity contribution is 0.0760. The van der Waals surface area contributed by atoms with Gasteiger partial charge in [0.25, 0.3) is 11.5 Å². The average molecular weight is 336 g/mol. The molecule has 1 aromatic carbocycles. The zero-order valence-corrected chi connectivity index (χ0v) is 14.2. The lowest BCUT2D eigenvalue weighted by Gasteiger charge is -2.21. The van der Waals surface area contributed by atoms with Crippen LogP contribution >= 0.6 is 0 Å². The van der Waals surface area contributed by atoms with E-state index < -0.39 is 17.2 Å². The van der Waals surface area contributed by atoms with Gasteiger partial charge in [0.2, 0.25) is 0 Å². The van der Waals surface area contributed by atoms with E-state index >= 15 is 0 Å². The first kappa shape index (κ1) is 18.1. The van der Waals surface area contributed by atoms with E-state index in [0.717, 1.165) is 18.6 Å². The normalized spacial score (nSPS) is 11.0. The van der Waals surface area contributed by atoms with Gasteiger partial charge in [0, 0.05) is 19.6 Å². The summed E-state index contributed by atoms with van der Waals surface area (Å²) in [6.45, 7) is 7.07. The van der Waals surface area contributed by atoms with Gasteiger partial charge in [-0.25, -0.2) is 8.78 Å². The Bertz CT molecular complexity index is 811. The highest BCUT2D eigenvalue weighted by Crippen LogP contribution is 2.18. The number of aromatic nitrogens is 1. The number of hydrogen-bond donors (Lipinski definition) is 0. The van der Waals surface area contributed by atoms with Gasteiger partial charge in [-0.3, -0.25) is 9.59 Å². The molecule has 0 saturated carbocycles. The Morgan fingerprint density at radius 2 is 1.71 bits per heavy atom. The molecular weight excluding hydrogens is 314 g/mol. The molecule has 0 unspecified atom stereocenters. The van der Waals surface area contributed by atoms with Crippen molar-refractivity contribution in [3.05, 3.63) is 45.9 Å². The standard InChI is InChI=1S/C18H22F2N2O2/c1-4-7-8-22-16(18(24)21(5-2)6-3)10-12-9-14(19)15(20)11-13(12)17(22)23/h9-11H,4-8H2,1-3H3. The van der Waals surface area contributed by atoms with Crippen molar-refractivity contribution >= 4 is 16.7 Å². The molecule has 0 aliphatic rings. The fourth-order valence-corrected chi connectivity index (χ4v) is 2.74. The van der Waals surface area contributed by atoms with Gasteiger partial charge in [-0.05, 0) is 43.9 Å². The SMILES string of the molecule is CCCCn1c(C(=O)N(CC)CC)cc2cc(F)c(F)cc2c1=O. The summed E-state index contributed by atoms with van der Waals surface area (Å²) in [5.41, 5.74) is -0.244. The largest absolute Gasteiger partial charge is 0.338 e. The topological polar surface area (TPSA) is 42.3 Å². The van der Waals surface area contributed by atoms with Gasteiger partial charge in [0.05, 0.1) is 5.39 Å². The zero-order chi connectivity index (χ0) is 17.9. The molecule has 0 aliphatic heterocycles. The van der Waals surface area contributed by atoms with Crippen LogP contribution in [-0.2, 0) is 6.54 Å². The summed E-state index contributed by atoms with van der Waals surface area (Å²) in [7, 11) is 0. The third-order valence-electron chi connectivity index (χ3n) is 4.16. The Morgan fingerprint density at radius 1 is 1.08 bits per heavy atom. The molecule has 0 saturated heterocycles. The first-order valence-corrected chi connectivity index (χ1v) is 8.26. The molecule has 1 heterocycles. The molecule has 130 valence electrons. The molecule has 4 nitrogen and oxygen atoms in total. The van der Waals surface area contributed by atoms with E-state index in [0.29, 0.717) is 26.1 Å². The van der Waals surface area contributed by atoms with Gasteiger partial charge < -0.3 is 9.47 Å². The van der Waals surface area contributed by atoms with Crippen molar-refractivity contribution in [2.24, 2.45) is 0 Å². The molecule has 0 fully saturated rings. The summed E-state index contributed by atoms with van der Waals surface area (Å²) < 4.78 is 28.4. The lowest BCUT2D eigenvalue weighted by Crippen LogP contribution is -2.36. The molecule has 0 radical (unpaired) electrons. The third kappa shape index (κ3) is 3.32.